The standard InChI is InChI=1S/C13H17ClN2O2S/c1-9(2)16(7-12(15)19)13(17)8-18-11-5-3-10(14)4-6-11/h3-6,9H,7-8H2,1-2H3,(H2,15,19). The second-order valence-electron chi connectivity index (χ2n) is 4.32. The minimum absolute atomic E-state index is 0.0165. The van der Waals surface area contributed by atoms with Crippen LogP contribution in [0.2, 0.25) is 5.02 Å². The Bertz CT molecular complexity index is 448. The molecule has 0 heterocycles. The van der Waals surface area contributed by atoms with Crippen LogP contribution in [0.25, 0.3) is 0 Å². The van der Waals surface area contributed by atoms with Gasteiger partial charge in [-0.1, -0.05) is 23.8 Å². The Labute approximate surface area is 123 Å². The first-order valence-corrected chi connectivity index (χ1v) is 6.65. The minimum Gasteiger partial charge on any atom is -0.484 e. The molecule has 6 heteroatoms. The van der Waals surface area contributed by atoms with Crippen LogP contribution >= 0.6 is 23.8 Å². The van der Waals surface area contributed by atoms with Gasteiger partial charge in [-0.05, 0) is 38.1 Å². The molecule has 0 spiro atoms. The molecule has 0 aliphatic heterocycles. The molecule has 1 aromatic rings. The van der Waals surface area contributed by atoms with Crippen LogP contribution in [0, 0.1) is 0 Å². The molecule has 104 valence electrons. The van der Waals surface area contributed by atoms with Gasteiger partial charge in [0.15, 0.2) is 6.61 Å². The maximum atomic E-state index is 12.0. The lowest BCUT2D eigenvalue weighted by molar-refractivity contribution is -0.134. The molecule has 0 saturated heterocycles. The number of rotatable bonds is 6. The number of benzene rings is 1. The SMILES string of the molecule is CC(C)N(CC(N)=S)C(=O)COc1ccc(Cl)cc1. The molecular weight excluding hydrogens is 284 g/mol. The van der Waals surface area contributed by atoms with Gasteiger partial charge in [0.05, 0.1) is 11.5 Å². The van der Waals surface area contributed by atoms with Gasteiger partial charge in [-0.3, -0.25) is 4.79 Å². The zero-order chi connectivity index (χ0) is 14.4. The topological polar surface area (TPSA) is 55.6 Å². The van der Waals surface area contributed by atoms with Crippen molar-refractivity contribution >= 4 is 34.7 Å². The quantitative estimate of drug-likeness (QED) is 0.819. The van der Waals surface area contributed by atoms with Crippen LogP contribution < -0.4 is 10.5 Å². The second-order valence-corrected chi connectivity index (χ2v) is 5.29. The Morgan fingerprint density at radius 3 is 2.47 bits per heavy atom. The van der Waals surface area contributed by atoms with Gasteiger partial charge in [0.25, 0.3) is 5.91 Å². The highest BCUT2D eigenvalue weighted by molar-refractivity contribution is 7.80. The molecule has 0 radical (unpaired) electrons. The van der Waals surface area contributed by atoms with E-state index >= 15 is 0 Å². The summed E-state index contributed by atoms with van der Waals surface area (Å²) in [6, 6.07) is 6.85. The van der Waals surface area contributed by atoms with E-state index in [2.05, 4.69) is 0 Å². The van der Waals surface area contributed by atoms with Crippen molar-refractivity contribution in [3.05, 3.63) is 29.3 Å². The Balaban J connectivity index is 2.57. The summed E-state index contributed by atoms with van der Waals surface area (Å²) in [6.45, 7) is 4.01. The van der Waals surface area contributed by atoms with Gasteiger partial charge in [-0.15, -0.1) is 0 Å². The first-order valence-electron chi connectivity index (χ1n) is 5.86. The summed E-state index contributed by atoms with van der Waals surface area (Å²) in [6.07, 6.45) is 0. The largest absolute Gasteiger partial charge is 0.484 e. The first kappa shape index (κ1) is 15.7. The highest BCUT2D eigenvalue weighted by Gasteiger charge is 2.18. The van der Waals surface area contributed by atoms with E-state index in [0.29, 0.717) is 10.8 Å². The van der Waals surface area contributed by atoms with Gasteiger partial charge >= 0.3 is 0 Å². The minimum atomic E-state index is -0.155. The average Bonchev–Trinajstić information content (AvgIpc) is 2.34. The van der Waals surface area contributed by atoms with E-state index in [4.69, 9.17) is 34.3 Å². The molecule has 0 atom stereocenters. The number of ether oxygens (including phenoxy) is 1. The van der Waals surface area contributed by atoms with Crippen molar-refractivity contribution in [1.29, 1.82) is 0 Å². The molecule has 0 aliphatic carbocycles. The van der Waals surface area contributed by atoms with Gasteiger partial charge in [-0.25, -0.2) is 0 Å². The number of carbonyl (C=O) groups is 1. The van der Waals surface area contributed by atoms with Crippen molar-refractivity contribution in [2.24, 2.45) is 5.73 Å². The summed E-state index contributed by atoms with van der Waals surface area (Å²) in [4.78, 5) is 13.9. The highest BCUT2D eigenvalue weighted by atomic mass is 35.5. The number of nitrogens with two attached hydrogens (primary N) is 1. The van der Waals surface area contributed by atoms with Crippen molar-refractivity contribution in [2.45, 2.75) is 19.9 Å². The molecular formula is C13H17ClN2O2S. The molecule has 0 unspecified atom stereocenters. The fraction of sp³-hybridized carbons (Fsp3) is 0.385. The molecule has 1 rings (SSSR count). The smallest absolute Gasteiger partial charge is 0.261 e. The Hall–Kier alpha value is -1.33. The number of hydrogen-bond donors (Lipinski definition) is 1. The lowest BCUT2D eigenvalue weighted by Crippen LogP contribution is -2.44. The van der Waals surface area contributed by atoms with E-state index in [9.17, 15) is 4.79 Å². The molecule has 0 bridgehead atoms. The summed E-state index contributed by atoms with van der Waals surface area (Å²) in [5.74, 6) is 0.439. The van der Waals surface area contributed by atoms with Crippen LogP contribution in [-0.4, -0.2) is 35.0 Å². The normalized spacial score (nSPS) is 10.3. The Kier molecular flexibility index (Phi) is 6.05. The van der Waals surface area contributed by atoms with E-state index in [1.54, 1.807) is 29.2 Å². The fourth-order valence-electron chi connectivity index (χ4n) is 1.49. The second kappa shape index (κ2) is 7.31. The summed E-state index contributed by atoms with van der Waals surface area (Å²) in [7, 11) is 0. The Morgan fingerprint density at radius 2 is 2.00 bits per heavy atom. The van der Waals surface area contributed by atoms with Crippen molar-refractivity contribution in [2.75, 3.05) is 13.2 Å². The summed E-state index contributed by atoms with van der Waals surface area (Å²) >= 11 is 10.6. The number of hydrogen-bond acceptors (Lipinski definition) is 3. The number of carbonyl (C=O) groups excluding carboxylic acids is 1. The fourth-order valence-corrected chi connectivity index (χ4v) is 1.75. The van der Waals surface area contributed by atoms with E-state index < -0.39 is 0 Å². The lowest BCUT2D eigenvalue weighted by atomic mass is 10.3. The predicted octanol–water partition coefficient (Wildman–Crippen LogP) is 2.24. The van der Waals surface area contributed by atoms with Crippen molar-refractivity contribution < 1.29 is 9.53 Å². The highest BCUT2D eigenvalue weighted by Crippen LogP contribution is 2.15. The molecule has 0 aliphatic rings. The Morgan fingerprint density at radius 1 is 1.42 bits per heavy atom. The van der Waals surface area contributed by atoms with Crippen LogP contribution in [-0.2, 0) is 4.79 Å². The third-order valence-corrected chi connectivity index (χ3v) is 2.83. The van der Waals surface area contributed by atoms with Gasteiger partial charge in [0.1, 0.15) is 5.75 Å². The van der Waals surface area contributed by atoms with E-state index in [-0.39, 0.29) is 30.1 Å². The third kappa shape index (κ3) is 5.44. The van der Waals surface area contributed by atoms with Crippen molar-refractivity contribution in [3.8, 4) is 5.75 Å². The molecule has 0 fully saturated rings. The molecule has 19 heavy (non-hydrogen) atoms. The number of halogens is 1. The monoisotopic (exact) mass is 300 g/mol. The van der Waals surface area contributed by atoms with Crippen LogP contribution in [0.5, 0.6) is 5.75 Å². The van der Waals surface area contributed by atoms with Crippen LogP contribution in [0.1, 0.15) is 13.8 Å². The molecule has 4 nitrogen and oxygen atoms in total. The number of nitrogens with zero attached hydrogens (tertiary/aromatic N) is 1. The third-order valence-electron chi connectivity index (χ3n) is 2.45. The number of amides is 1. The van der Waals surface area contributed by atoms with Crippen LogP contribution in [0.4, 0.5) is 0 Å². The van der Waals surface area contributed by atoms with Crippen LogP contribution in [0.15, 0.2) is 24.3 Å². The molecule has 0 saturated carbocycles. The van der Waals surface area contributed by atoms with E-state index in [1.165, 1.54) is 0 Å². The van der Waals surface area contributed by atoms with Crippen molar-refractivity contribution in [1.82, 2.24) is 4.90 Å². The first-order chi connectivity index (χ1) is 8.90. The summed E-state index contributed by atoms with van der Waals surface area (Å²) in [5, 5.41) is 0.621. The zero-order valence-corrected chi connectivity index (χ0v) is 12.5. The van der Waals surface area contributed by atoms with Gasteiger partial charge in [0, 0.05) is 11.1 Å². The van der Waals surface area contributed by atoms with Gasteiger partial charge in [-0.2, -0.15) is 0 Å². The zero-order valence-electron chi connectivity index (χ0n) is 10.9. The molecule has 1 aromatic carbocycles. The molecule has 1 amide bonds. The van der Waals surface area contributed by atoms with Crippen molar-refractivity contribution in [3.63, 3.8) is 0 Å². The van der Waals surface area contributed by atoms with Gasteiger partial charge in [0.2, 0.25) is 0 Å². The lowest BCUT2D eigenvalue weighted by Gasteiger charge is -2.26. The maximum absolute atomic E-state index is 12.0. The summed E-state index contributed by atoms with van der Waals surface area (Å²) in [5.41, 5.74) is 5.47. The summed E-state index contributed by atoms with van der Waals surface area (Å²) < 4.78 is 5.40. The maximum Gasteiger partial charge on any atom is 0.261 e. The van der Waals surface area contributed by atoms with Gasteiger partial charge < -0.3 is 15.4 Å². The number of thiocarbonyl (C=S) groups is 1. The van der Waals surface area contributed by atoms with E-state index in [0.717, 1.165) is 0 Å². The van der Waals surface area contributed by atoms with E-state index in [1.807, 2.05) is 13.8 Å². The molecule has 2 N–H and O–H groups in total. The average molecular weight is 301 g/mol. The predicted molar refractivity (Wildman–Crippen MR) is 80.6 cm³/mol. The molecule has 0 aromatic heterocycles. The van der Waals surface area contributed by atoms with Crippen LogP contribution in [0.3, 0.4) is 0 Å².